The molecule has 1 aliphatic heterocycles. The zero-order valence-electron chi connectivity index (χ0n) is 16.1. The van der Waals surface area contributed by atoms with Gasteiger partial charge in [-0.3, -0.25) is 9.89 Å². The van der Waals surface area contributed by atoms with Crippen LogP contribution in [-0.4, -0.2) is 76.6 Å². The Labute approximate surface area is 148 Å². The van der Waals surface area contributed by atoms with Crippen LogP contribution in [0.2, 0.25) is 0 Å². The molecule has 142 valence electrons. The first kappa shape index (κ1) is 21.2. The zero-order chi connectivity index (χ0) is 17.6. The van der Waals surface area contributed by atoms with Crippen LogP contribution >= 0.6 is 0 Å². The molecule has 1 rings (SSSR count). The molecule has 1 unspecified atom stereocenters. The van der Waals surface area contributed by atoms with E-state index >= 15 is 0 Å². The second-order valence-corrected chi connectivity index (χ2v) is 6.29. The molecule has 0 aliphatic carbocycles. The highest BCUT2D eigenvalue weighted by Crippen LogP contribution is 2.20. The highest BCUT2D eigenvalue weighted by molar-refractivity contribution is 5.79. The summed E-state index contributed by atoms with van der Waals surface area (Å²) in [7, 11) is 1.74. The maximum atomic E-state index is 5.52. The van der Waals surface area contributed by atoms with Crippen molar-refractivity contribution in [2.45, 2.75) is 46.1 Å². The van der Waals surface area contributed by atoms with Crippen LogP contribution in [0.5, 0.6) is 0 Å². The Bertz CT molecular complexity index is 329. The van der Waals surface area contributed by atoms with E-state index in [1.807, 2.05) is 0 Å². The Morgan fingerprint density at radius 1 is 1.17 bits per heavy atom. The summed E-state index contributed by atoms with van der Waals surface area (Å²) in [6.07, 6.45) is 3.39. The Kier molecular flexibility index (Phi) is 11.9. The Hall–Kier alpha value is -0.850. The normalized spacial score (nSPS) is 18.0. The molecule has 6 nitrogen and oxygen atoms in total. The molecule has 0 aromatic rings. The molecule has 1 atom stereocenters. The molecule has 1 heterocycles. The largest absolute Gasteiger partial charge is 0.385 e. The molecule has 6 heteroatoms. The van der Waals surface area contributed by atoms with Crippen LogP contribution in [0.3, 0.4) is 0 Å². The van der Waals surface area contributed by atoms with Gasteiger partial charge in [0.25, 0.3) is 0 Å². The molecular weight excluding hydrogens is 304 g/mol. The number of nitrogens with zero attached hydrogens (tertiary/aromatic N) is 2. The van der Waals surface area contributed by atoms with Crippen molar-refractivity contribution in [2.24, 2.45) is 10.9 Å². The van der Waals surface area contributed by atoms with Gasteiger partial charge in [0, 0.05) is 45.9 Å². The van der Waals surface area contributed by atoms with Crippen molar-refractivity contribution in [3.05, 3.63) is 0 Å². The van der Waals surface area contributed by atoms with E-state index in [9.17, 15) is 0 Å². The van der Waals surface area contributed by atoms with Gasteiger partial charge < -0.3 is 20.1 Å². The molecule has 0 radical (unpaired) electrons. The lowest BCUT2D eigenvalue weighted by molar-refractivity contribution is 0.00395. The van der Waals surface area contributed by atoms with E-state index in [1.165, 1.54) is 12.8 Å². The summed E-state index contributed by atoms with van der Waals surface area (Å²) in [5, 5.41) is 6.75. The topological polar surface area (TPSA) is 58.1 Å². The average Bonchev–Trinajstić information content (AvgIpc) is 2.62. The van der Waals surface area contributed by atoms with Crippen molar-refractivity contribution in [1.82, 2.24) is 15.5 Å². The van der Waals surface area contributed by atoms with Gasteiger partial charge in [-0.15, -0.1) is 0 Å². The minimum Gasteiger partial charge on any atom is -0.385 e. The number of rotatable bonds is 11. The summed E-state index contributed by atoms with van der Waals surface area (Å²) in [6.45, 7) is 13.8. The molecule has 0 spiro atoms. The minimum absolute atomic E-state index is 0.498. The monoisotopic (exact) mass is 342 g/mol. The standard InChI is InChI=1S/C18H38N4O2/c1-5-16(6-2)17(22-10-13-24-14-11-22)15-21-18(19-7-3)20-9-8-12-23-4/h16-17H,5-15H2,1-4H3,(H2,19,20,21). The van der Waals surface area contributed by atoms with Gasteiger partial charge in [0.05, 0.1) is 19.8 Å². The van der Waals surface area contributed by atoms with Gasteiger partial charge in [0.1, 0.15) is 0 Å². The number of hydrogen-bond donors (Lipinski definition) is 2. The van der Waals surface area contributed by atoms with Crippen LogP contribution in [0.25, 0.3) is 0 Å². The maximum absolute atomic E-state index is 5.52. The quantitative estimate of drug-likeness (QED) is 0.340. The number of nitrogens with one attached hydrogen (secondary N) is 2. The molecule has 0 amide bonds. The predicted octanol–water partition coefficient (Wildman–Crippen LogP) is 1.72. The molecule has 24 heavy (non-hydrogen) atoms. The van der Waals surface area contributed by atoms with Crippen molar-refractivity contribution >= 4 is 5.96 Å². The number of methoxy groups -OCH3 is 1. The summed E-state index contributed by atoms with van der Waals surface area (Å²) in [5.41, 5.74) is 0. The van der Waals surface area contributed by atoms with Gasteiger partial charge in [-0.1, -0.05) is 26.7 Å². The maximum Gasteiger partial charge on any atom is 0.191 e. The van der Waals surface area contributed by atoms with Gasteiger partial charge >= 0.3 is 0 Å². The van der Waals surface area contributed by atoms with Crippen molar-refractivity contribution in [1.29, 1.82) is 0 Å². The van der Waals surface area contributed by atoms with Crippen molar-refractivity contribution in [3.8, 4) is 0 Å². The molecule has 0 saturated carbocycles. The fourth-order valence-corrected chi connectivity index (χ4v) is 3.25. The van der Waals surface area contributed by atoms with E-state index in [2.05, 4.69) is 36.3 Å². The first-order chi connectivity index (χ1) is 11.8. The second-order valence-electron chi connectivity index (χ2n) is 6.29. The molecule has 2 N–H and O–H groups in total. The molecule has 0 aromatic heterocycles. The number of ether oxygens (including phenoxy) is 2. The van der Waals surface area contributed by atoms with Crippen LogP contribution in [-0.2, 0) is 9.47 Å². The third kappa shape index (κ3) is 7.81. The van der Waals surface area contributed by atoms with E-state index in [4.69, 9.17) is 14.5 Å². The Morgan fingerprint density at radius 3 is 2.46 bits per heavy atom. The summed E-state index contributed by atoms with van der Waals surface area (Å²) in [6, 6.07) is 0.498. The number of guanidine groups is 1. The fourth-order valence-electron chi connectivity index (χ4n) is 3.25. The third-order valence-electron chi connectivity index (χ3n) is 4.71. The van der Waals surface area contributed by atoms with E-state index in [0.717, 1.165) is 64.9 Å². The molecule has 0 bridgehead atoms. The molecule has 1 fully saturated rings. The van der Waals surface area contributed by atoms with Crippen LogP contribution in [0.15, 0.2) is 4.99 Å². The molecule has 1 aliphatic rings. The lowest BCUT2D eigenvalue weighted by atomic mass is 9.92. The van der Waals surface area contributed by atoms with Crippen molar-refractivity contribution < 1.29 is 9.47 Å². The van der Waals surface area contributed by atoms with E-state index in [1.54, 1.807) is 7.11 Å². The van der Waals surface area contributed by atoms with Crippen LogP contribution in [0.4, 0.5) is 0 Å². The highest BCUT2D eigenvalue weighted by Gasteiger charge is 2.26. The van der Waals surface area contributed by atoms with Gasteiger partial charge in [-0.2, -0.15) is 0 Å². The number of morpholine rings is 1. The lowest BCUT2D eigenvalue weighted by Gasteiger charge is -2.38. The van der Waals surface area contributed by atoms with Crippen LogP contribution in [0.1, 0.15) is 40.0 Å². The number of aliphatic imine (C=N–C) groups is 1. The Morgan fingerprint density at radius 2 is 1.88 bits per heavy atom. The van der Waals surface area contributed by atoms with Crippen molar-refractivity contribution in [2.75, 3.05) is 59.7 Å². The first-order valence-corrected chi connectivity index (χ1v) is 9.59. The van der Waals surface area contributed by atoms with Crippen LogP contribution < -0.4 is 10.6 Å². The smallest absolute Gasteiger partial charge is 0.191 e. The zero-order valence-corrected chi connectivity index (χ0v) is 16.1. The van der Waals surface area contributed by atoms with E-state index < -0.39 is 0 Å². The fraction of sp³-hybridized carbons (Fsp3) is 0.944. The van der Waals surface area contributed by atoms with Crippen LogP contribution in [0, 0.1) is 5.92 Å². The average molecular weight is 343 g/mol. The summed E-state index contributed by atoms with van der Waals surface area (Å²) in [5.74, 6) is 1.60. The Balaban J connectivity index is 2.65. The summed E-state index contributed by atoms with van der Waals surface area (Å²) >= 11 is 0. The van der Waals surface area contributed by atoms with E-state index in [-0.39, 0.29) is 0 Å². The predicted molar refractivity (Wildman–Crippen MR) is 101 cm³/mol. The highest BCUT2D eigenvalue weighted by atomic mass is 16.5. The SMILES string of the molecule is CCNC(=NCC(C(CC)CC)N1CCOCC1)NCCCOC. The lowest BCUT2D eigenvalue weighted by Crippen LogP contribution is -2.49. The minimum atomic E-state index is 0.498. The van der Waals surface area contributed by atoms with Gasteiger partial charge in [-0.05, 0) is 19.3 Å². The van der Waals surface area contributed by atoms with E-state index in [0.29, 0.717) is 12.0 Å². The molecular formula is C18H38N4O2. The van der Waals surface area contributed by atoms with Gasteiger partial charge in [-0.25, -0.2) is 0 Å². The first-order valence-electron chi connectivity index (χ1n) is 9.59. The summed E-state index contributed by atoms with van der Waals surface area (Å²) in [4.78, 5) is 7.44. The third-order valence-corrected chi connectivity index (χ3v) is 4.71. The van der Waals surface area contributed by atoms with Gasteiger partial charge in [0.2, 0.25) is 0 Å². The van der Waals surface area contributed by atoms with Crippen molar-refractivity contribution in [3.63, 3.8) is 0 Å². The molecule has 1 saturated heterocycles. The summed E-state index contributed by atoms with van der Waals surface area (Å²) < 4.78 is 10.6. The second kappa shape index (κ2) is 13.4. The molecule has 0 aromatic carbocycles. The number of hydrogen-bond acceptors (Lipinski definition) is 4. The van der Waals surface area contributed by atoms with Gasteiger partial charge in [0.15, 0.2) is 5.96 Å².